The van der Waals surface area contributed by atoms with Crippen molar-refractivity contribution in [2.45, 2.75) is 20.8 Å². The van der Waals surface area contributed by atoms with Crippen molar-refractivity contribution in [3.05, 3.63) is 99.2 Å². The first-order valence-electron chi connectivity index (χ1n) is 12.0. The van der Waals surface area contributed by atoms with E-state index >= 15 is 0 Å². The highest BCUT2D eigenvalue weighted by Gasteiger charge is 2.44. The molecule has 4 amide bonds. The molecule has 1 aliphatic rings. The summed E-state index contributed by atoms with van der Waals surface area (Å²) in [4.78, 5) is 43.4. The molecule has 38 heavy (non-hydrogen) atoms. The molecule has 0 aromatic heterocycles. The molecule has 3 aromatic rings. The number of hydrogen-bond acceptors (Lipinski definition) is 5. The second-order valence-electron chi connectivity index (χ2n) is 8.56. The zero-order valence-electron chi connectivity index (χ0n) is 21.4. The molecule has 0 aliphatic carbocycles. The number of benzene rings is 3. The Morgan fingerprint density at radius 1 is 0.868 bits per heavy atom. The minimum Gasteiger partial charge on any atom is -0.490 e. The van der Waals surface area contributed by atoms with E-state index < -0.39 is 17.8 Å². The number of carbonyl (C=O) groups is 3. The maximum absolute atomic E-state index is 13.8. The maximum Gasteiger partial charge on any atom is 0.343 e. The monoisotopic (exact) mass is 622 g/mol. The average Bonchev–Trinajstić information content (AvgIpc) is 2.88. The second kappa shape index (κ2) is 11.6. The fraction of sp³-hybridized carbons (Fsp3) is 0.167. The lowest BCUT2D eigenvalue weighted by atomic mass is 10.0. The molecular formula is C30H27IN2O5. The van der Waals surface area contributed by atoms with E-state index in [1.807, 2.05) is 45.0 Å². The number of ether oxygens (including phenoxy) is 2. The minimum atomic E-state index is -0.724. The quantitative estimate of drug-likeness (QED) is 0.125. The fourth-order valence-electron chi connectivity index (χ4n) is 4.17. The topological polar surface area (TPSA) is 76.2 Å². The summed E-state index contributed by atoms with van der Waals surface area (Å²) in [6, 6.07) is 16.9. The summed E-state index contributed by atoms with van der Waals surface area (Å²) in [7, 11) is 0. The van der Waals surface area contributed by atoms with Gasteiger partial charge in [-0.15, -0.1) is 0 Å². The van der Waals surface area contributed by atoms with Crippen LogP contribution in [0, 0.1) is 17.4 Å². The van der Waals surface area contributed by atoms with Crippen LogP contribution in [0.4, 0.5) is 16.2 Å². The molecule has 1 heterocycles. The van der Waals surface area contributed by atoms with Gasteiger partial charge in [-0.25, -0.2) is 14.6 Å². The fourth-order valence-corrected chi connectivity index (χ4v) is 4.95. The molecular weight excluding hydrogens is 595 g/mol. The largest absolute Gasteiger partial charge is 0.490 e. The van der Waals surface area contributed by atoms with Gasteiger partial charge in [0.2, 0.25) is 0 Å². The van der Waals surface area contributed by atoms with Crippen LogP contribution >= 0.6 is 22.6 Å². The number of rotatable bonds is 8. The normalized spacial score (nSPS) is 13.6. The van der Waals surface area contributed by atoms with Crippen LogP contribution in [0.15, 0.2) is 78.9 Å². The summed E-state index contributed by atoms with van der Waals surface area (Å²) in [5.74, 6) is -0.362. The molecule has 0 bridgehead atoms. The Bertz CT molecular complexity index is 1390. The summed E-state index contributed by atoms with van der Waals surface area (Å²) < 4.78 is 12.3. The van der Waals surface area contributed by atoms with Gasteiger partial charge in [-0.2, -0.15) is 0 Å². The zero-order chi connectivity index (χ0) is 27.4. The summed E-state index contributed by atoms with van der Waals surface area (Å²) in [5.41, 5.74) is 2.70. The highest BCUT2D eigenvalue weighted by Crippen LogP contribution is 2.37. The number of barbiturate groups is 1. The van der Waals surface area contributed by atoms with E-state index in [2.05, 4.69) is 29.2 Å². The van der Waals surface area contributed by atoms with Crippen LogP contribution in [-0.2, 0) is 9.59 Å². The van der Waals surface area contributed by atoms with Gasteiger partial charge in [0.1, 0.15) is 12.2 Å². The highest BCUT2D eigenvalue weighted by atomic mass is 127. The molecule has 8 heteroatoms. The first-order chi connectivity index (χ1) is 18.3. The molecule has 0 spiro atoms. The zero-order valence-corrected chi connectivity index (χ0v) is 23.5. The molecule has 0 atom stereocenters. The molecule has 0 N–H and O–H groups in total. The van der Waals surface area contributed by atoms with Crippen molar-refractivity contribution >= 4 is 57.9 Å². The summed E-state index contributed by atoms with van der Waals surface area (Å²) in [5, 5.41) is 0. The summed E-state index contributed by atoms with van der Waals surface area (Å²) >= 11 is 2.12. The third kappa shape index (κ3) is 5.22. The van der Waals surface area contributed by atoms with Gasteiger partial charge < -0.3 is 9.47 Å². The summed E-state index contributed by atoms with van der Waals surface area (Å²) in [6.45, 7) is 9.86. The summed E-state index contributed by atoms with van der Waals surface area (Å²) in [6.07, 6.45) is 3.13. The average molecular weight is 622 g/mol. The Labute approximate surface area is 235 Å². The van der Waals surface area contributed by atoms with Crippen molar-refractivity contribution in [2.75, 3.05) is 23.0 Å². The molecule has 1 aliphatic heterocycles. The lowest BCUT2D eigenvalue weighted by Crippen LogP contribution is -2.57. The van der Waals surface area contributed by atoms with E-state index in [4.69, 9.17) is 9.47 Å². The molecule has 3 aromatic carbocycles. The smallest absolute Gasteiger partial charge is 0.343 e. The predicted octanol–water partition coefficient (Wildman–Crippen LogP) is 6.45. The maximum atomic E-state index is 13.8. The van der Waals surface area contributed by atoms with Crippen LogP contribution in [0.3, 0.4) is 0 Å². The number of urea groups is 1. The molecule has 0 unspecified atom stereocenters. The first-order valence-corrected chi connectivity index (χ1v) is 13.1. The number of amides is 4. The van der Waals surface area contributed by atoms with Gasteiger partial charge in [0.25, 0.3) is 11.8 Å². The lowest BCUT2D eigenvalue weighted by molar-refractivity contribution is -0.121. The van der Waals surface area contributed by atoms with E-state index in [1.54, 1.807) is 42.5 Å². The van der Waals surface area contributed by atoms with Crippen molar-refractivity contribution in [3.8, 4) is 11.5 Å². The van der Waals surface area contributed by atoms with Crippen LogP contribution in [0.2, 0.25) is 0 Å². The number of nitrogens with zero attached hydrogens (tertiary/aromatic N) is 2. The molecule has 0 saturated carbocycles. The van der Waals surface area contributed by atoms with Crippen molar-refractivity contribution in [2.24, 2.45) is 0 Å². The number of imide groups is 2. The number of carbonyl (C=O) groups excluding carboxylic acids is 3. The lowest BCUT2D eigenvalue weighted by Gasteiger charge is -2.35. The van der Waals surface area contributed by atoms with Crippen LogP contribution in [0.5, 0.6) is 11.5 Å². The standard InChI is InChI=1S/C30H27IN2O5/c1-5-15-38-27-23(31)17-21(18-26(27)37-6-2)16-22-28(34)32(24-13-9-7-11-19(24)3)30(36)33(29(22)35)25-14-10-8-12-20(25)4/h5,7-14,16-18H,1,6,15H2,2-4H3. The number of hydrogen-bond donors (Lipinski definition) is 0. The molecule has 1 fully saturated rings. The van der Waals surface area contributed by atoms with E-state index in [-0.39, 0.29) is 5.57 Å². The van der Waals surface area contributed by atoms with Crippen molar-refractivity contribution < 1.29 is 23.9 Å². The SMILES string of the molecule is C=CCOc1c(I)cc(C=C2C(=O)N(c3ccccc3C)C(=O)N(c3ccccc3C)C2=O)cc1OCC. The Morgan fingerprint density at radius 3 is 1.92 bits per heavy atom. The van der Waals surface area contributed by atoms with Crippen molar-refractivity contribution in [1.29, 1.82) is 0 Å². The second-order valence-corrected chi connectivity index (χ2v) is 9.72. The number of anilines is 2. The number of para-hydroxylation sites is 2. The van der Waals surface area contributed by atoms with Gasteiger partial charge in [-0.3, -0.25) is 9.59 Å². The van der Waals surface area contributed by atoms with Crippen LogP contribution in [0.25, 0.3) is 6.08 Å². The van der Waals surface area contributed by atoms with Crippen molar-refractivity contribution in [3.63, 3.8) is 0 Å². The van der Waals surface area contributed by atoms with Gasteiger partial charge in [-0.05, 0) is 90.4 Å². The third-order valence-electron chi connectivity index (χ3n) is 5.95. The molecule has 194 valence electrons. The van der Waals surface area contributed by atoms with E-state index in [1.165, 1.54) is 6.08 Å². The Balaban J connectivity index is 1.89. The number of aryl methyl sites for hydroxylation is 2. The van der Waals surface area contributed by atoms with Gasteiger partial charge in [-0.1, -0.05) is 49.1 Å². The first kappa shape index (κ1) is 27.1. The van der Waals surface area contributed by atoms with Gasteiger partial charge >= 0.3 is 6.03 Å². The van der Waals surface area contributed by atoms with E-state index in [0.717, 1.165) is 24.5 Å². The Hall–Kier alpha value is -3.92. The van der Waals surface area contributed by atoms with E-state index in [0.29, 0.717) is 41.7 Å². The number of halogens is 1. The van der Waals surface area contributed by atoms with Gasteiger partial charge in [0.05, 0.1) is 21.6 Å². The Kier molecular flexibility index (Phi) is 8.31. The molecule has 4 rings (SSSR count). The molecule has 0 radical (unpaired) electrons. The van der Waals surface area contributed by atoms with Crippen LogP contribution in [-0.4, -0.2) is 31.1 Å². The van der Waals surface area contributed by atoms with Gasteiger partial charge in [0.15, 0.2) is 11.5 Å². The van der Waals surface area contributed by atoms with Crippen LogP contribution < -0.4 is 19.3 Å². The predicted molar refractivity (Wildman–Crippen MR) is 157 cm³/mol. The molecule has 7 nitrogen and oxygen atoms in total. The third-order valence-corrected chi connectivity index (χ3v) is 6.75. The minimum absolute atomic E-state index is 0.144. The van der Waals surface area contributed by atoms with Crippen LogP contribution in [0.1, 0.15) is 23.6 Å². The Morgan fingerprint density at radius 2 is 1.42 bits per heavy atom. The van der Waals surface area contributed by atoms with Crippen molar-refractivity contribution in [1.82, 2.24) is 0 Å². The van der Waals surface area contributed by atoms with Gasteiger partial charge in [0, 0.05) is 0 Å². The highest BCUT2D eigenvalue weighted by molar-refractivity contribution is 14.1. The van der Waals surface area contributed by atoms with E-state index in [9.17, 15) is 14.4 Å². The molecule has 1 saturated heterocycles.